The number of aryl methyl sites for hydroxylation is 3. The number of carbonyl (C=O) groups excluding carboxylic acids is 1. The van der Waals surface area contributed by atoms with E-state index in [9.17, 15) is 4.79 Å². The van der Waals surface area contributed by atoms with Gasteiger partial charge in [-0.05, 0) is 56.9 Å². The first-order valence-electron chi connectivity index (χ1n) is 8.68. The van der Waals surface area contributed by atoms with Gasteiger partial charge in [-0.1, -0.05) is 35.9 Å². The second kappa shape index (κ2) is 6.20. The van der Waals surface area contributed by atoms with Crippen LogP contribution in [0.15, 0.2) is 48.5 Å². The molecule has 0 aliphatic heterocycles. The average molecular weight is 331 g/mol. The predicted molar refractivity (Wildman–Crippen MR) is 99.5 cm³/mol. The summed E-state index contributed by atoms with van der Waals surface area (Å²) in [7, 11) is 0. The highest BCUT2D eigenvalue weighted by Gasteiger charge is 2.24. The molecule has 3 aromatic rings. The zero-order valence-electron chi connectivity index (χ0n) is 14.5. The molecule has 0 bridgehead atoms. The Labute approximate surface area is 147 Å². The second-order valence-electron chi connectivity index (χ2n) is 6.65. The van der Waals surface area contributed by atoms with E-state index in [1.54, 1.807) is 0 Å². The second-order valence-corrected chi connectivity index (χ2v) is 6.65. The molecular weight excluding hydrogens is 310 g/mol. The third kappa shape index (κ3) is 2.84. The molecule has 0 fully saturated rings. The fourth-order valence-electron chi connectivity index (χ4n) is 3.52. The maximum Gasteiger partial charge on any atom is 0.257 e. The monoisotopic (exact) mass is 331 g/mol. The van der Waals surface area contributed by atoms with Crippen LogP contribution in [-0.4, -0.2) is 15.7 Å². The van der Waals surface area contributed by atoms with Gasteiger partial charge in [0.15, 0.2) is 0 Å². The van der Waals surface area contributed by atoms with Crippen molar-refractivity contribution in [3.05, 3.63) is 76.5 Å². The van der Waals surface area contributed by atoms with E-state index in [1.165, 1.54) is 5.56 Å². The number of rotatable bonds is 3. The number of anilines is 1. The zero-order valence-corrected chi connectivity index (χ0v) is 14.5. The molecule has 0 saturated heterocycles. The van der Waals surface area contributed by atoms with Gasteiger partial charge in [0, 0.05) is 11.1 Å². The van der Waals surface area contributed by atoms with E-state index in [0.29, 0.717) is 5.56 Å². The van der Waals surface area contributed by atoms with E-state index in [-0.39, 0.29) is 5.91 Å². The normalized spacial score (nSPS) is 12.9. The lowest BCUT2D eigenvalue weighted by Crippen LogP contribution is -2.17. The van der Waals surface area contributed by atoms with Crippen LogP contribution < -0.4 is 5.32 Å². The number of hydrogen-bond donors (Lipinski definition) is 1. The third-order valence-corrected chi connectivity index (χ3v) is 4.77. The Balaban J connectivity index is 1.74. The minimum atomic E-state index is -0.0794. The quantitative estimate of drug-likeness (QED) is 0.781. The lowest BCUT2D eigenvalue weighted by molar-refractivity contribution is 0.102. The Bertz CT molecular complexity index is 941. The third-order valence-electron chi connectivity index (χ3n) is 4.77. The van der Waals surface area contributed by atoms with Gasteiger partial charge in [-0.25, -0.2) is 4.68 Å². The minimum absolute atomic E-state index is 0.0794. The molecule has 0 atom stereocenters. The number of aromatic nitrogens is 2. The number of carbonyl (C=O) groups is 1. The molecule has 0 spiro atoms. The number of para-hydroxylation sites is 1. The highest BCUT2D eigenvalue weighted by Crippen LogP contribution is 2.31. The Morgan fingerprint density at radius 1 is 1.08 bits per heavy atom. The Morgan fingerprint density at radius 3 is 2.64 bits per heavy atom. The van der Waals surface area contributed by atoms with Crippen molar-refractivity contribution < 1.29 is 4.79 Å². The molecule has 4 nitrogen and oxygen atoms in total. The van der Waals surface area contributed by atoms with Crippen LogP contribution in [0.25, 0.3) is 5.69 Å². The van der Waals surface area contributed by atoms with Gasteiger partial charge in [-0.15, -0.1) is 0 Å². The summed E-state index contributed by atoms with van der Waals surface area (Å²) >= 11 is 0. The number of amides is 1. The summed E-state index contributed by atoms with van der Waals surface area (Å²) in [5.74, 6) is 0.730. The molecular formula is C21H21N3O. The molecule has 0 radical (unpaired) electrons. The van der Waals surface area contributed by atoms with E-state index >= 15 is 0 Å². The first-order valence-corrected chi connectivity index (χ1v) is 8.68. The summed E-state index contributed by atoms with van der Waals surface area (Å²) in [6.45, 7) is 4.01. The summed E-state index contributed by atoms with van der Waals surface area (Å²) < 4.78 is 1.87. The fraction of sp³-hybridized carbons (Fsp3) is 0.238. The van der Waals surface area contributed by atoms with Crippen LogP contribution in [0.1, 0.15) is 39.2 Å². The van der Waals surface area contributed by atoms with Gasteiger partial charge in [-0.3, -0.25) is 4.79 Å². The van der Waals surface area contributed by atoms with Crippen LogP contribution in [0.4, 0.5) is 5.82 Å². The van der Waals surface area contributed by atoms with E-state index in [4.69, 9.17) is 5.10 Å². The van der Waals surface area contributed by atoms with Crippen molar-refractivity contribution in [3.8, 4) is 5.69 Å². The van der Waals surface area contributed by atoms with Crippen molar-refractivity contribution in [1.82, 2.24) is 9.78 Å². The van der Waals surface area contributed by atoms with Crippen LogP contribution in [0, 0.1) is 13.8 Å². The summed E-state index contributed by atoms with van der Waals surface area (Å²) in [5.41, 5.74) is 6.08. The van der Waals surface area contributed by atoms with Crippen molar-refractivity contribution in [1.29, 1.82) is 0 Å². The minimum Gasteiger partial charge on any atom is -0.306 e. The van der Waals surface area contributed by atoms with Crippen molar-refractivity contribution in [2.24, 2.45) is 0 Å². The van der Waals surface area contributed by atoms with Crippen molar-refractivity contribution in [2.75, 3.05) is 5.32 Å². The molecule has 1 amide bonds. The number of benzene rings is 2. The van der Waals surface area contributed by atoms with Gasteiger partial charge in [0.2, 0.25) is 0 Å². The number of nitrogens with zero attached hydrogens (tertiary/aromatic N) is 2. The van der Waals surface area contributed by atoms with Crippen LogP contribution in [0.3, 0.4) is 0 Å². The van der Waals surface area contributed by atoms with E-state index in [0.717, 1.165) is 47.6 Å². The van der Waals surface area contributed by atoms with Crippen molar-refractivity contribution >= 4 is 11.7 Å². The van der Waals surface area contributed by atoms with Crippen LogP contribution in [0.5, 0.6) is 0 Å². The van der Waals surface area contributed by atoms with Gasteiger partial charge in [0.05, 0.1) is 11.4 Å². The first-order chi connectivity index (χ1) is 12.1. The molecule has 1 heterocycles. The molecule has 2 aromatic carbocycles. The van der Waals surface area contributed by atoms with Gasteiger partial charge in [0.25, 0.3) is 5.91 Å². The summed E-state index contributed by atoms with van der Waals surface area (Å²) in [6.07, 6.45) is 3.03. The molecule has 4 rings (SSSR count). The van der Waals surface area contributed by atoms with Gasteiger partial charge in [0.1, 0.15) is 5.82 Å². The lowest BCUT2D eigenvalue weighted by Gasteiger charge is -2.12. The standard InChI is InChI=1S/C21H21N3O/c1-14-11-12-17(15(2)13-14)21(25)22-20-18-9-6-10-19(18)23-24(20)16-7-4-3-5-8-16/h3-5,7-8,11-13H,6,9-10H2,1-2H3,(H,22,25). The molecule has 4 heteroatoms. The maximum atomic E-state index is 12.9. The van der Waals surface area contributed by atoms with Crippen molar-refractivity contribution in [2.45, 2.75) is 33.1 Å². The molecule has 126 valence electrons. The first kappa shape index (κ1) is 15.6. The smallest absolute Gasteiger partial charge is 0.257 e. The van der Waals surface area contributed by atoms with Crippen LogP contribution in [0.2, 0.25) is 0 Å². The molecule has 0 saturated carbocycles. The van der Waals surface area contributed by atoms with Gasteiger partial charge < -0.3 is 5.32 Å². The van der Waals surface area contributed by atoms with Gasteiger partial charge >= 0.3 is 0 Å². The summed E-state index contributed by atoms with van der Waals surface area (Å²) in [5, 5.41) is 7.87. The van der Waals surface area contributed by atoms with Crippen LogP contribution >= 0.6 is 0 Å². The van der Waals surface area contributed by atoms with E-state index in [2.05, 4.69) is 5.32 Å². The SMILES string of the molecule is Cc1ccc(C(=O)Nc2c3c(nn2-c2ccccc2)CCC3)c(C)c1. The zero-order chi connectivity index (χ0) is 17.4. The average Bonchev–Trinajstić information content (AvgIpc) is 3.18. The fourth-order valence-corrected chi connectivity index (χ4v) is 3.52. The van der Waals surface area contributed by atoms with Crippen LogP contribution in [-0.2, 0) is 12.8 Å². The summed E-state index contributed by atoms with van der Waals surface area (Å²) in [6, 6.07) is 15.9. The van der Waals surface area contributed by atoms with E-state index < -0.39 is 0 Å². The summed E-state index contributed by atoms with van der Waals surface area (Å²) in [4.78, 5) is 12.9. The van der Waals surface area contributed by atoms with Crippen molar-refractivity contribution in [3.63, 3.8) is 0 Å². The highest BCUT2D eigenvalue weighted by molar-refractivity contribution is 6.05. The van der Waals surface area contributed by atoms with Gasteiger partial charge in [-0.2, -0.15) is 5.10 Å². The molecule has 1 aliphatic carbocycles. The number of nitrogens with one attached hydrogen (secondary N) is 1. The number of fused-ring (bicyclic) bond motifs is 1. The largest absolute Gasteiger partial charge is 0.306 e. The van der Waals surface area contributed by atoms with E-state index in [1.807, 2.05) is 67.1 Å². The maximum absolute atomic E-state index is 12.9. The Morgan fingerprint density at radius 2 is 1.88 bits per heavy atom. The molecule has 0 unspecified atom stereocenters. The highest BCUT2D eigenvalue weighted by atomic mass is 16.1. The predicted octanol–water partition coefficient (Wildman–Crippen LogP) is 4.23. The molecule has 25 heavy (non-hydrogen) atoms. The Kier molecular flexibility index (Phi) is 3.88. The topological polar surface area (TPSA) is 46.9 Å². The number of hydrogen-bond acceptors (Lipinski definition) is 2. The molecule has 1 N–H and O–H groups in total. The molecule has 1 aliphatic rings. The molecule has 1 aromatic heterocycles. The lowest BCUT2D eigenvalue weighted by atomic mass is 10.1. The Hall–Kier alpha value is -2.88.